The summed E-state index contributed by atoms with van der Waals surface area (Å²) in [5.41, 5.74) is -0.627. The van der Waals surface area contributed by atoms with Gasteiger partial charge >= 0.3 is 5.97 Å². The molecule has 0 unspecified atom stereocenters. The predicted octanol–water partition coefficient (Wildman–Crippen LogP) is 2.13. The first kappa shape index (κ1) is 20.1. The predicted molar refractivity (Wildman–Crippen MR) is 95.9 cm³/mol. The number of aromatic nitrogens is 1. The zero-order chi connectivity index (χ0) is 20.0. The Labute approximate surface area is 157 Å². The number of nitro groups is 1. The number of hydrogen-bond donors (Lipinski definition) is 2. The van der Waals surface area contributed by atoms with Gasteiger partial charge in [0.15, 0.2) is 17.2 Å². The van der Waals surface area contributed by atoms with Gasteiger partial charge in [0.1, 0.15) is 5.56 Å². The number of ether oxygens (including phenoxy) is 2. The van der Waals surface area contributed by atoms with Crippen molar-refractivity contribution in [3.63, 3.8) is 0 Å². The van der Waals surface area contributed by atoms with Crippen molar-refractivity contribution >= 4 is 28.9 Å². The van der Waals surface area contributed by atoms with E-state index in [9.17, 15) is 19.7 Å². The van der Waals surface area contributed by atoms with Gasteiger partial charge in [0.25, 0.3) is 11.6 Å². The van der Waals surface area contributed by atoms with Crippen LogP contribution in [0, 0.1) is 10.1 Å². The molecule has 0 saturated carbocycles. The molecule has 0 bridgehead atoms. The summed E-state index contributed by atoms with van der Waals surface area (Å²) in [7, 11) is 1.37. The van der Waals surface area contributed by atoms with E-state index >= 15 is 0 Å². The number of carboxylic acid groups (broad SMARTS) is 1. The summed E-state index contributed by atoms with van der Waals surface area (Å²) < 4.78 is 10.4. The molecule has 0 aliphatic heterocycles. The molecule has 0 saturated heterocycles. The van der Waals surface area contributed by atoms with Crippen molar-refractivity contribution in [1.82, 2.24) is 10.3 Å². The number of amides is 1. The second kappa shape index (κ2) is 8.94. The Hall–Kier alpha value is -3.21. The van der Waals surface area contributed by atoms with E-state index in [4.69, 9.17) is 14.6 Å². The monoisotopic (exact) mass is 395 g/mol. The van der Waals surface area contributed by atoms with Crippen LogP contribution in [0.15, 0.2) is 17.5 Å². The Kier molecular flexibility index (Phi) is 6.66. The molecule has 0 aliphatic carbocycles. The fourth-order valence-corrected chi connectivity index (χ4v) is 2.98. The van der Waals surface area contributed by atoms with E-state index in [2.05, 4.69) is 10.3 Å². The number of nitrogens with one attached hydrogen (secondary N) is 1. The van der Waals surface area contributed by atoms with E-state index in [0.29, 0.717) is 11.4 Å². The first-order valence-electron chi connectivity index (χ1n) is 7.82. The molecule has 0 atom stereocenters. The molecule has 2 aromatic rings. The van der Waals surface area contributed by atoms with E-state index in [-0.39, 0.29) is 35.9 Å². The highest BCUT2D eigenvalue weighted by atomic mass is 32.1. The van der Waals surface area contributed by atoms with Gasteiger partial charge in [-0.15, -0.1) is 11.3 Å². The van der Waals surface area contributed by atoms with Crippen LogP contribution in [0.25, 0.3) is 0 Å². The Bertz CT molecular complexity index is 866. The molecular formula is C16H17N3O7S. The number of nitrogens with zero attached hydrogens (tertiary/aromatic N) is 2. The molecule has 0 spiro atoms. The largest absolute Gasteiger partial charge is 0.493 e. The number of carbonyl (C=O) groups is 2. The average Bonchev–Trinajstić information content (AvgIpc) is 3.10. The van der Waals surface area contributed by atoms with E-state index in [1.54, 1.807) is 6.92 Å². The molecule has 0 radical (unpaired) electrons. The lowest BCUT2D eigenvalue weighted by Gasteiger charge is -2.11. The lowest BCUT2D eigenvalue weighted by atomic mass is 10.1. The van der Waals surface area contributed by atoms with Gasteiger partial charge in [-0.05, 0) is 6.92 Å². The van der Waals surface area contributed by atoms with Gasteiger partial charge in [0.05, 0.1) is 29.7 Å². The van der Waals surface area contributed by atoms with Crippen LogP contribution in [0.2, 0.25) is 0 Å². The number of methoxy groups -OCH3 is 1. The molecule has 1 amide bonds. The Morgan fingerprint density at radius 2 is 2.11 bits per heavy atom. The zero-order valence-corrected chi connectivity index (χ0v) is 15.4. The van der Waals surface area contributed by atoms with Gasteiger partial charge in [0.2, 0.25) is 0 Å². The maximum absolute atomic E-state index is 12.4. The van der Waals surface area contributed by atoms with Gasteiger partial charge in [-0.25, -0.2) is 9.78 Å². The van der Waals surface area contributed by atoms with Crippen LogP contribution in [0.4, 0.5) is 5.69 Å². The van der Waals surface area contributed by atoms with Gasteiger partial charge in [0, 0.05) is 24.4 Å². The third-order valence-electron chi connectivity index (χ3n) is 3.42. The van der Waals surface area contributed by atoms with Crippen LogP contribution in [-0.2, 0) is 6.42 Å². The molecule has 1 aromatic carbocycles. The molecule has 2 rings (SSSR count). The highest BCUT2D eigenvalue weighted by Crippen LogP contribution is 2.34. The highest BCUT2D eigenvalue weighted by molar-refractivity contribution is 7.09. The third kappa shape index (κ3) is 4.91. The first-order chi connectivity index (χ1) is 12.9. The molecule has 27 heavy (non-hydrogen) atoms. The summed E-state index contributed by atoms with van der Waals surface area (Å²) in [5, 5.41) is 24.7. The summed E-state index contributed by atoms with van der Waals surface area (Å²) in [6, 6.07) is 2.40. The summed E-state index contributed by atoms with van der Waals surface area (Å²) in [6.45, 7) is 2.14. The number of carboxylic acids is 1. The van der Waals surface area contributed by atoms with Crippen molar-refractivity contribution in [1.29, 1.82) is 0 Å². The average molecular weight is 395 g/mol. The van der Waals surface area contributed by atoms with Crippen LogP contribution in [0.5, 0.6) is 11.5 Å². The Balaban J connectivity index is 2.13. The van der Waals surface area contributed by atoms with Gasteiger partial charge < -0.3 is 19.9 Å². The van der Waals surface area contributed by atoms with E-state index in [0.717, 1.165) is 17.4 Å². The molecular weight excluding hydrogens is 378 g/mol. The van der Waals surface area contributed by atoms with E-state index < -0.39 is 22.5 Å². The molecule has 1 heterocycles. The maximum Gasteiger partial charge on any atom is 0.355 e. The number of thiazole rings is 1. The van der Waals surface area contributed by atoms with Crippen molar-refractivity contribution in [3.8, 4) is 11.5 Å². The molecule has 2 N–H and O–H groups in total. The number of rotatable bonds is 9. The van der Waals surface area contributed by atoms with E-state index in [1.165, 1.54) is 18.6 Å². The quantitative estimate of drug-likeness (QED) is 0.486. The molecule has 10 nitrogen and oxygen atoms in total. The zero-order valence-electron chi connectivity index (χ0n) is 14.6. The molecule has 1 aromatic heterocycles. The second-order valence-electron chi connectivity index (χ2n) is 5.15. The van der Waals surface area contributed by atoms with Crippen molar-refractivity contribution in [3.05, 3.63) is 43.9 Å². The number of benzene rings is 1. The summed E-state index contributed by atoms with van der Waals surface area (Å²) >= 11 is 1.16. The van der Waals surface area contributed by atoms with Crippen molar-refractivity contribution < 1.29 is 29.1 Å². The minimum absolute atomic E-state index is 0.0618. The van der Waals surface area contributed by atoms with E-state index in [1.807, 2.05) is 0 Å². The number of nitro benzene ring substituents is 1. The molecule has 0 fully saturated rings. The Morgan fingerprint density at radius 1 is 1.37 bits per heavy atom. The minimum atomic E-state index is -1.13. The van der Waals surface area contributed by atoms with Crippen LogP contribution >= 0.6 is 11.3 Å². The summed E-state index contributed by atoms with van der Waals surface area (Å²) in [5.74, 6) is -1.40. The highest BCUT2D eigenvalue weighted by Gasteiger charge is 2.24. The molecule has 11 heteroatoms. The molecule has 144 valence electrons. The topological polar surface area (TPSA) is 141 Å². The second-order valence-corrected chi connectivity index (χ2v) is 6.09. The minimum Gasteiger partial charge on any atom is -0.493 e. The lowest BCUT2D eigenvalue weighted by molar-refractivity contribution is -0.385. The van der Waals surface area contributed by atoms with Crippen LogP contribution in [0.3, 0.4) is 0 Å². The fraction of sp³-hybridized carbons (Fsp3) is 0.312. The van der Waals surface area contributed by atoms with Crippen molar-refractivity contribution in [2.45, 2.75) is 13.3 Å². The molecule has 0 aliphatic rings. The Morgan fingerprint density at radius 3 is 2.67 bits per heavy atom. The smallest absolute Gasteiger partial charge is 0.355 e. The van der Waals surface area contributed by atoms with Gasteiger partial charge in [-0.1, -0.05) is 0 Å². The SMILES string of the molecule is CCOc1cc([N+](=O)[O-])c(C(=O)NCCc2nc(C(=O)O)cs2)cc1OC. The number of carbonyl (C=O) groups excluding carboxylic acids is 1. The first-order valence-corrected chi connectivity index (χ1v) is 8.70. The van der Waals surface area contributed by atoms with Crippen molar-refractivity contribution in [2.75, 3.05) is 20.3 Å². The summed E-state index contributed by atoms with van der Waals surface area (Å²) in [4.78, 5) is 37.7. The van der Waals surface area contributed by atoms with Crippen molar-refractivity contribution in [2.24, 2.45) is 0 Å². The fourth-order valence-electron chi connectivity index (χ4n) is 2.21. The van der Waals surface area contributed by atoms with Crippen LogP contribution in [0.1, 0.15) is 32.8 Å². The van der Waals surface area contributed by atoms with Crippen LogP contribution < -0.4 is 14.8 Å². The summed E-state index contributed by atoms with van der Waals surface area (Å²) in [6.07, 6.45) is 0.297. The number of aromatic carboxylic acids is 1. The van der Waals surface area contributed by atoms with Gasteiger partial charge in [-0.3, -0.25) is 14.9 Å². The third-order valence-corrected chi connectivity index (χ3v) is 4.33. The van der Waals surface area contributed by atoms with Crippen LogP contribution in [-0.4, -0.2) is 47.2 Å². The standard InChI is InChI=1S/C16H17N3O7S/c1-3-26-13-7-11(19(23)24)9(6-12(13)25-2)15(20)17-5-4-14-18-10(8-27-14)16(21)22/h6-8H,3-5H2,1-2H3,(H,17,20)(H,21,22). The lowest BCUT2D eigenvalue weighted by Crippen LogP contribution is -2.26. The maximum atomic E-state index is 12.4. The number of hydrogen-bond acceptors (Lipinski definition) is 8. The normalized spacial score (nSPS) is 10.3. The van der Waals surface area contributed by atoms with Gasteiger partial charge in [-0.2, -0.15) is 0 Å².